The van der Waals surface area contributed by atoms with Gasteiger partial charge in [0.05, 0.1) is 18.1 Å². The Balaban J connectivity index is 2.29. The molecule has 0 spiro atoms. The molecule has 0 saturated carbocycles. The Morgan fingerprint density at radius 1 is 1.39 bits per heavy atom. The van der Waals surface area contributed by atoms with Crippen LogP contribution < -0.4 is 10.6 Å². The molecule has 1 aliphatic rings. The van der Waals surface area contributed by atoms with Gasteiger partial charge < -0.3 is 15.4 Å². The van der Waals surface area contributed by atoms with Crippen molar-refractivity contribution in [2.24, 2.45) is 5.73 Å². The first-order chi connectivity index (χ1) is 8.72. The van der Waals surface area contributed by atoms with E-state index in [1.807, 2.05) is 6.07 Å². The summed E-state index contributed by atoms with van der Waals surface area (Å²) in [6.45, 7) is 3.50. The molecule has 1 saturated heterocycles. The maximum atomic E-state index is 10.8. The predicted molar refractivity (Wildman–Crippen MR) is 68.9 cm³/mol. The Morgan fingerprint density at radius 2 is 2.11 bits per heavy atom. The summed E-state index contributed by atoms with van der Waals surface area (Å²) in [5.41, 5.74) is 7.67. The second-order valence-corrected chi connectivity index (χ2v) is 4.21. The van der Waals surface area contributed by atoms with Crippen molar-refractivity contribution in [1.29, 1.82) is 0 Å². The maximum absolute atomic E-state index is 10.8. The fraction of sp³-hybridized carbons (Fsp3) is 0.500. The van der Waals surface area contributed by atoms with Crippen LogP contribution in [0.25, 0.3) is 0 Å². The van der Waals surface area contributed by atoms with Crippen LogP contribution in [-0.4, -0.2) is 37.8 Å². The minimum absolute atomic E-state index is 0.121. The number of benzene rings is 1. The summed E-state index contributed by atoms with van der Waals surface area (Å²) in [6.07, 6.45) is 0.647. The number of morpholine rings is 1. The van der Waals surface area contributed by atoms with Crippen LogP contribution in [0.2, 0.25) is 0 Å². The molecule has 1 fully saturated rings. The van der Waals surface area contributed by atoms with Gasteiger partial charge in [-0.3, -0.25) is 10.1 Å². The first kappa shape index (κ1) is 12.8. The summed E-state index contributed by atoms with van der Waals surface area (Å²) in [5, 5.41) is 10.8. The van der Waals surface area contributed by atoms with Gasteiger partial charge in [0.25, 0.3) is 5.69 Å². The Morgan fingerprint density at radius 3 is 2.72 bits per heavy atom. The van der Waals surface area contributed by atoms with Crippen LogP contribution >= 0.6 is 0 Å². The average molecular weight is 251 g/mol. The summed E-state index contributed by atoms with van der Waals surface area (Å²) >= 11 is 0. The molecule has 0 radical (unpaired) electrons. The molecule has 0 bridgehead atoms. The van der Waals surface area contributed by atoms with Crippen LogP contribution in [-0.2, 0) is 11.2 Å². The average Bonchev–Trinajstić information content (AvgIpc) is 2.40. The van der Waals surface area contributed by atoms with E-state index in [-0.39, 0.29) is 10.6 Å². The molecule has 1 aromatic rings. The van der Waals surface area contributed by atoms with E-state index in [1.54, 1.807) is 12.1 Å². The third-order valence-corrected chi connectivity index (χ3v) is 3.04. The molecule has 2 N–H and O–H groups in total. The highest BCUT2D eigenvalue weighted by atomic mass is 16.6. The number of anilines is 1. The lowest BCUT2D eigenvalue weighted by Crippen LogP contribution is -2.36. The predicted octanol–water partition coefficient (Wildman–Crippen LogP) is 0.933. The molecule has 1 heterocycles. The first-order valence-electron chi connectivity index (χ1n) is 6.02. The topological polar surface area (TPSA) is 81.6 Å². The Labute approximate surface area is 105 Å². The molecule has 0 aliphatic carbocycles. The quantitative estimate of drug-likeness (QED) is 0.636. The highest BCUT2D eigenvalue weighted by Gasteiger charge is 2.17. The van der Waals surface area contributed by atoms with Gasteiger partial charge in [0.1, 0.15) is 0 Å². The van der Waals surface area contributed by atoms with Crippen molar-refractivity contribution in [2.75, 3.05) is 37.7 Å². The minimum Gasteiger partial charge on any atom is -0.378 e. The van der Waals surface area contributed by atoms with E-state index in [9.17, 15) is 10.1 Å². The van der Waals surface area contributed by atoms with Crippen molar-refractivity contribution < 1.29 is 9.66 Å². The van der Waals surface area contributed by atoms with E-state index < -0.39 is 0 Å². The third kappa shape index (κ3) is 2.77. The monoisotopic (exact) mass is 251 g/mol. The van der Waals surface area contributed by atoms with Gasteiger partial charge in [-0.05, 0) is 24.6 Å². The summed E-state index contributed by atoms with van der Waals surface area (Å²) in [4.78, 5) is 12.6. The maximum Gasteiger partial charge on any atom is 0.269 e. The van der Waals surface area contributed by atoms with Crippen molar-refractivity contribution in [3.63, 3.8) is 0 Å². The lowest BCUT2D eigenvalue weighted by atomic mass is 10.1. The lowest BCUT2D eigenvalue weighted by molar-refractivity contribution is -0.384. The summed E-state index contributed by atoms with van der Waals surface area (Å²) in [5.74, 6) is 0. The van der Waals surface area contributed by atoms with Crippen molar-refractivity contribution in [3.8, 4) is 0 Å². The van der Waals surface area contributed by atoms with E-state index in [1.165, 1.54) is 0 Å². The smallest absolute Gasteiger partial charge is 0.269 e. The lowest BCUT2D eigenvalue weighted by Gasteiger charge is -2.30. The molecule has 98 valence electrons. The molecule has 0 aromatic heterocycles. The van der Waals surface area contributed by atoms with E-state index in [2.05, 4.69) is 4.90 Å². The molecule has 0 atom stereocenters. The van der Waals surface area contributed by atoms with Crippen molar-refractivity contribution >= 4 is 11.4 Å². The second kappa shape index (κ2) is 5.79. The van der Waals surface area contributed by atoms with Crippen molar-refractivity contribution in [2.45, 2.75) is 6.42 Å². The zero-order valence-electron chi connectivity index (χ0n) is 10.2. The van der Waals surface area contributed by atoms with Gasteiger partial charge in [-0.2, -0.15) is 0 Å². The van der Waals surface area contributed by atoms with Crippen LogP contribution in [0.5, 0.6) is 0 Å². The number of ether oxygens (including phenoxy) is 1. The molecular formula is C12H17N3O3. The number of nitro groups is 1. The highest BCUT2D eigenvalue weighted by molar-refractivity contribution is 5.58. The van der Waals surface area contributed by atoms with Crippen molar-refractivity contribution in [3.05, 3.63) is 33.9 Å². The summed E-state index contributed by atoms with van der Waals surface area (Å²) in [7, 11) is 0. The summed E-state index contributed by atoms with van der Waals surface area (Å²) in [6, 6.07) is 4.98. The van der Waals surface area contributed by atoms with Gasteiger partial charge in [-0.25, -0.2) is 0 Å². The molecule has 18 heavy (non-hydrogen) atoms. The molecule has 0 unspecified atom stereocenters. The van der Waals surface area contributed by atoms with Gasteiger partial charge >= 0.3 is 0 Å². The number of hydrogen-bond donors (Lipinski definition) is 1. The molecule has 1 aliphatic heterocycles. The zero-order valence-corrected chi connectivity index (χ0v) is 10.2. The van der Waals surface area contributed by atoms with E-state index in [0.29, 0.717) is 26.2 Å². The number of nitro benzene ring substituents is 1. The van der Waals surface area contributed by atoms with Gasteiger partial charge in [0.2, 0.25) is 0 Å². The van der Waals surface area contributed by atoms with Crippen LogP contribution in [0.1, 0.15) is 5.56 Å². The van der Waals surface area contributed by atoms with Crippen LogP contribution in [0.15, 0.2) is 18.2 Å². The third-order valence-electron chi connectivity index (χ3n) is 3.04. The SMILES string of the molecule is NCCc1cc([N+](=O)[O-])ccc1N1CCOCC1. The summed E-state index contributed by atoms with van der Waals surface area (Å²) < 4.78 is 5.31. The van der Waals surface area contributed by atoms with Crippen LogP contribution in [0.3, 0.4) is 0 Å². The van der Waals surface area contributed by atoms with Gasteiger partial charge in [-0.1, -0.05) is 0 Å². The van der Waals surface area contributed by atoms with E-state index >= 15 is 0 Å². The second-order valence-electron chi connectivity index (χ2n) is 4.21. The van der Waals surface area contributed by atoms with Crippen LogP contribution in [0, 0.1) is 10.1 Å². The number of nitrogens with two attached hydrogens (primary N) is 1. The van der Waals surface area contributed by atoms with Gasteiger partial charge in [0, 0.05) is 30.9 Å². The number of nitrogens with zero attached hydrogens (tertiary/aromatic N) is 2. The van der Waals surface area contributed by atoms with Crippen molar-refractivity contribution in [1.82, 2.24) is 0 Å². The minimum atomic E-state index is -0.372. The largest absolute Gasteiger partial charge is 0.378 e. The molecule has 2 rings (SSSR count). The number of rotatable bonds is 4. The van der Waals surface area contributed by atoms with Crippen LogP contribution in [0.4, 0.5) is 11.4 Å². The first-order valence-corrected chi connectivity index (χ1v) is 6.02. The fourth-order valence-corrected chi connectivity index (χ4v) is 2.15. The molecular weight excluding hydrogens is 234 g/mol. The fourth-order valence-electron chi connectivity index (χ4n) is 2.15. The number of hydrogen-bond acceptors (Lipinski definition) is 5. The zero-order chi connectivity index (χ0) is 13.0. The highest BCUT2D eigenvalue weighted by Crippen LogP contribution is 2.26. The number of non-ortho nitro benzene ring substituents is 1. The molecule has 1 aromatic carbocycles. The van der Waals surface area contributed by atoms with E-state index in [0.717, 1.165) is 24.3 Å². The molecule has 0 amide bonds. The Kier molecular flexibility index (Phi) is 4.11. The standard InChI is InChI=1S/C12H17N3O3/c13-4-3-10-9-11(15(16)17)1-2-12(10)14-5-7-18-8-6-14/h1-2,9H,3-8,13H2. The molecule has 6 heteroatoms. The Bertz CT molecular complexity index is 431. The van der Waals surface area contributed by atoms with Gasteiger partial charge in [-0.15, -0.1) is 0 Å². The Hall–Kier alpha value is -1.66. The molecule has 6 nitrogen and oxygen atoms in total. The van der Waals surface area contributed by atoms with Gasteiger partial charge in [0.15, 0.2) is 0 Å². The van der Waals surface area contributed by atoms with E-state index in [4.69, 9.17) is 10.5 Å². The normalized spacial score (nSPS) is 15.7.